The van der Waals surface area contributed by atoms with Crippen LogP contribution in [0.2, 0.25) is 0 Å². The highest BCUT2D eigenvalue weighted by Crippen LogP contribution is 2.36. The van der Waals surface area contributed by atoms with Crippen molar-refractivity contribution in [2.45, 2.75) is 57.2 Å². The van der Waals surface area contributed by atoms with Gasteiger partial charge in [-0.05, 0) is 25.3 Å². The standard InChI is InChI=1S/C18H22N4O2/c1-2-3-10-18(20-21-18)11-12-19-17(24)14-8-9-16(23)22-13-6-4-5-7-15(14)22/h1,8-9H,3-7,10-13H2,(H,19,24). The van der Waals surface area contributed by atoms with Gasteiger partial charge in [-0.2, -0.15) is 10.2 Å². The van der Waals surface area contributed by atoms with E-state index in [0.29, 0.717) is 31.5 Å². The summed E-state index contributed by atoms with van der Waals surface area (Å²) in [5.74, 6) is 2.46. The molecule has 1 aromatic rings. The average Bonchev–Trinajstić information content (AvgIpc) is 3.37. The number of hydrogen-bond acceptors (Lipinski definition) is 4. The molecule has 0 unspecified atom stereocenters. The van der Waals surface area contributed by atoms with Crippen LogP contribution in [-0.2, 0) is 13.0 Å². The van der Waals surface area contributed by atoms with Gasteiger partial charge in [0.15, 0.2) is 5.66 Å². The summed E-state index contributed by atoms with van der Waals surface area (Å²) in [6.45, 7) is 1.19. The van der Waals surface area contributed by atoms with E-state index in [1.165, 1.54) is 6.07 Å². The fourth-order valence-corrected chi connectivity index (χ4v) is 3.22. The third-order valence-corrected chi connectivity index (χ3v) is 4.70. The minimum Gasteiger partial charge on any atom is -0.352 e. The van der Waals surface area contributed by atoms with E-state index >= 15 is 0 Å². The lowest BCUT2D eigenvalue weighted by atomic mass is 10.0. The van der Waals surface area contributed by atoms with Crippen LogP contribution in [0.15, 0.2) is 27.2 Å². The molecule has 0 saturated carbocycles. The zero-order valence-corrected chi connectivity index (χ0v) is 13.8. The summed E-state index contributed by atoms with van der Waals surface area (Å²) < 4.78 is 1.75. The van der Waals surface area contributed by atoms with E-state index in [2.05, 4.69) is 21.5 Å². The summed E-state index contributed by atoms with van der Waals surface area (Å²) in [6, 6.07) is 3.14. The molecule has 0 radical (unpaired) electrons. The van der Waals surface area contributed by atoms with Crippen molar-refractivity contribution >= 4 is 5.91 Å². The third kappa shape index (κ3) is 3.56. The third-order valence-electron chi connectivity index (χ3n) is 4.70. The van der Waals surface area contributed by atoms with Crippen LogP contribution in [0, 0.1) is 12.3 Å². The normalized spacial score (nSPS) is 17.5. The molecule has 3 heterocycles. The monoisotopic (exact) mass is 326 g/mol. The first-order chi connectivity index (χ1) is 11.7. The molecule has 126 valence electrons. The van der Waals surface area contributed by atoms with Gasteiger partial charge in [-0.15, -0.1) is 12.3 Å². The first-order valence-corrected chi connectivity index (χ1v) is 8.54. The summed E-state index contributed by atoms with van der Waals surface area (Å²) in [6.07, 6.45) is 11.2. The van der Waals surface area contributed by atoms with Gasteiger partial charge >= 0.3 is 0 Å². The van der Waals surface area contributed by atoms with Crippen LogP contribution in [0.1, 0.15) is 54.6 Å². The van der Waals surface area contributed by atoms with E-state index in [1.807, 2.05) is 0 Å². The molecular formula is C18H22N4O2. The number of carbonyl (C=O) groups excluding carboxylic acids is 1. The number of aromatic nitrogens is 1. The van der Waals surface area contributed by atoms with Crippen molar-refractivity contribution in [2.24, 2.45) is 10.2 Å². The van der Waals surface area contributed by atoms with E-state index < -0.39 is 0 Å². The molecule has 0 fully saturated rings. The predicted molar refractivity (Wildman–Crippen MR) is 90.9 cm³/mol. The van der Waals surface area contributed by atoms with Gasteiger partial charge in [-0.3, -0.25) is 9.59 Å². The van der Waals surface area contributed by atoms with Crippen molar-refractivity contribution in [1.29, 1.82) is 0 Å². The van der Waals surface area contributed by atoms with Crippen LogP contribution >= 0.6 is 0 Å². The molecule has 3 rings (SSSR count). The first-order valence-electron chi connectivity index (χ1n) is 8.54. The Morgan fingerprint density at radius 2 is 2.12 bits per heavy atom. The van der Waals surface area contributed by atoms with Gasteiger partial charge in [0.05, 0.1) is 5.56 Å². The molecule has 1 amide bonds. The zero-order valence-electron chi connectivity index (χ0n) is 13.8. The van der Waals surface area contributed by atoms with Crippen molar-refractivity contribution in [3.05, 3.63) is 33.7 Å². The van der Waals surface area contributed by atoms with Crippen LogP contribution in [0.5, 0.6) is 0 Å². The molecule has 0 atom stereocenters. The fourth-order valence-electron chi connectivity index (χ4n) is 3.22. The van der Waals surface area contributed by atoms with Gasteiger partial charge in [-0.25, -0.2) is 0 Å². The van der Waals surface area contributed by atoms with Crippen LogP contribution in [0.3, 0.4) is 0 Å². The van der Waals surface area contributed by atoms with Crippen molar-refractivity contribution in [3.8, 4) is 12.3 Å². The van der Waals surface area contributed by atoms with Gasteiger partial charge < -0.3 is 9.88 Å². The summed E-state index contributed by atoms with van der Waals surface area (Å²) in [5, 5.41) is 11.1. The largest absolute Gasteiger partial charge is 0.352 e. The number of pyridine rings is 1. The molecule has 0 saturated heterocycles. The van der Waals surface area contributed by atoms with Crippen molar-refractivity contribution in [1.82, 2.24) is 9.88 Å². The van der Waals surface area contributed by atoms with Gasteiger partial charge in [0.2, 0.25) is 0 Å². The quantitative estimate of drug-likeness (QED) is 0.814. The molecule has 2 aliphatic rings. The number of terminal acetylenes is 1. The van der Waals surface area contributed by atoms with Crippen LogP contribution in [0.4, 0.5) is 0 Å². The summed E-state index contributed by atoms with van der Waals surface area (Å²) in [5.41, 5.74) is 1.07. The van der Waals surface area contributed by atoms with Crippen LogP contribution in [-0.4, -0.2) is 22.7 Å². The Balaban J connectivity index is 1.64. The number of hydrogen-bond donors (Lipinski definition) is 1. The highest BCUT2D eigenvalue weighted by atomic mass is 16.2. The molecule has 1 N–H and O–H groups in total. The maximum Gasteiger partial charge on any atom is 0.253 e. The van der Waals surface area contributed by atoms with Gasteiger partial charge in [0.1, 0.15) is 0 Å². The first kappa shape index (κ1) is 16.4. The highest BCUT2D eigenvalue weighted by molar-refractivity contribution is 5.95. The molecule has 6 heteroatoms. The number of nitrogens with one attached hydrogen (secondary N) is 1. The smallest absolute Gasteiger partial charge is 0.253 e. The lowest BCUT2D eigenvalue weighted by Gasteiger charge is -2.15. The van der Waals surface area contributed by atoms with E-state index in [0.717, 1.165) is 37.8 Å². The maximum atomic E-state index is 12.5. The number of carbonyl (C=O) groups is 1. The fraction of sp³-hybridized carbons (Fsp3) is 0.556. The summed E-state index contributed by atoms with van der Waals surface area (Å²) >= 11 is 0. The second-order valence-corrected chi connectivity index (χ2v) is 6.39. The molecule has 0 aliphatic carbocycles. The Morgan fingerprint density at radius 1 is 1.29 bits per heavy atom. The molecule has 24 heavy (non-hydrogen) atoms. The molecule has 0 spiro atoms. The molecular weight excluding hydrogens is 304 g/mol. The molecule has 1 aromatic heterocycles. The minimum absolute atomic E-state index is 0.0210. The van der Waals surface area contributed by atoms with Gasteiger partial charge in [0, 0.05) is 44.1 Å². The van der Waals surface area contributed by atoms with Crippen molar-refractivity contribution < 1.29 is 4.79 Å². The van der Waals surface area contributed by atoms with Crippen LogP contribution in [0.25, 0.3) is 0 Å². The van der Waals surface area contributed by atoms with Crippen molar-refractivity contribution in [3.63, 3.8) is 0 Å². The summed E-state index contributed by atoms with van der Waals surface area (Å²) in [7, 11) is 0. The Kier molecular flexibility index (Phi) is 4.79. The number of nitrogens with zero attached hydrogens (tertiary/aromatic N) is 3. The highest BCUT2D eigenvalue weighted by Gasteiger charge is 2.38. The number of rotatable bonds is 6. The summed E-state index contributed by atoms with van der Waals surface area (Å²) in [4.78, 5) is 24.6. The molecule has 6 nitrogen and oxygen atoms in total. The van der Waals surface area contributed by atoms with Crippen LogP contribution < -0.4 is 10.9 Å². The van der Waals surface area contributed by atoms with E-state index in [9.17, 15) is 9.59 Å². The maximum absolute atomic E-state index is 12.5. The van der Waals surface area contributed by atoms with Gasteiger partial charge in [-0.1, -0.05) is 6.42 Å². The number of fused-ring (bicyclic) bond motifs is 1. The molecule has 0 aromatic carbocycles. The zero-order chi connectivity index (χ0) is 17.0. The average molecular weight is 326 g/mol. The second-order valence-electron chi connectivity index (χ2n) is 6.39. The van der Waals surface area contributed by atoms with E-state index in [4.69, 9.17) is 6.42 Å². The van der Waals surface area contributed by atoms with E-state index in [1.54, 1.807) is 10.6 Å². The van der Waals surface area contributed by atoms with Gasteiger partial charge in [0.25, 0.3) is 11.5 Å². The lowest BCUT2D eigenvalue weighted by molar-refractivity contribution is 0.0950. The molecule has 0 bridgehead atoms. The Labute approximate surface area is 141 Å². The Bertz CT molecular complexity index is 751. The topological polar surface area (TPSA) is 75.8 Å². The predicted octanol–water partition coefficient (Wildman–Crippen LogP) is 2.27. The van der Waals surface area contributed by atoms with E-state index in [-0.39, 0.29) is 17.1 Å². The Morgan fingerprint density at radius 3 is 2.88 bits per heavy atom. The Hall–Kier alpha value is -2.42. The minimum atomic E-state index is -0.385. The number of amides is 1. The SMILES string of the molecule is C#CCCC1(CCNC(=O)c2ccc(=O)n3c2CCCCC3)N=N1. The molecule has 2 aliphatic heterocycles. The lowest BCUT2D eigenvalue weighted by Crippen LogP contribution is -2.32. The second kappa shape index (κ2) is 7.00. The van der Waals surface area contributed by atoms with Crippen molar-refractivity contribution in [2.75, 3.05) is 6.54 Å².